The van der Waals surface area contributed by atoms with Crippen LogP contribution in [0, 0.1) is 17.1 Å². The van der Waals surface area contributed by atoms with Crippen LogP contribution in [0.4, 0.5) is 10.2 Å². The third-order valence-corrected chi connectivity index (χ3v) is 3.99. The molecule has 0 aliphatic rings. The molecule has 128 valence electrons. The van der Waals surface area contributed by atoms with Crippen molar-refractivity contribution < 1.29 is 4.39 Å². The molecule has 0 saturated carbocycles. The van der Waals surface area contributed by atoms with Gasteiger partial charge in [0, 0.05) is 28.9 Å². The second kappa shape index (κ2) is 6.95. The van der Waals surface area contributed by atoms with Gasteiger partial charge in [0.1, 0.15) is 23.3 Å². The summed E-state index contributed by atoms with van der Waals surface area (Å²) < 4.78 is 15.1. The molecule has 2 N–H and O–H groups in total. The van der Waals surface area contributed by atoms with Gasteiger partial charge >= 0.3 is 0 Å². The van der Waals surface area contributed by atoms with Crippen LogP contribution in [-0.2, 0) is 13.0 Å². The molecular weight excluding hydrogens is 345 g/mol. The number of rotatable bonds is 5. The minimum atomic E-state index is -0.449. The Morgan fingerprint density at radius 1 is 1.44 bits per heavy atom. The highest BCUT2D eigenvalue weighted by atomic mass is 35.5. The molecule has 8 heteroatoms. The van der Waals surface area contributed by atoms with Gasteiger partial charge in [0.25, 0.3) is 5.56 Å². The van der Waals surface area contributed by atoms with Crippen molar-refractivity contribution in [3.63, 3.8) is 0 Å². The quantitative estimate of drug-likeness (QED) is 0.732. The molecular formula is C17H15ClFN5O. The van der Waals surface area contributed by atoms with Crippen LogP contribution in [0.5, 0.6) is 0 Å². The van der Waals surface area contributed by atoms with Gasteiger partial charge in [-0.25, -0.2) is 9.37 Å². The molecule has 2 aromatic heterocycles. The summed E-state index contributed by atoms with van der Waals surface area (Å²) in [6, 6.07) is 7.85. The fourth-order valence-corrected chi connectivity index (χ4v) is 2.71. The van der Waals surface area contributed by atoms with E-state index in [1.807, 2.05) is 13.0 Å². The molecule has 1 aromatic carbocycles. The van der Waals surface area contributed by atoms with E-state index in [0.717, 1.165) is 6.42 Å². The molecule has 3 aromatic rings. The molecule has 0 aliphatic carbocycles. The number of nitrogens with one attached hydrogen (secondary N) is 2. The van der Waals surface area contributed by atoms with Gasteiger partial charge in [-0.2, -0.15) is 9.78 Å². The largest absolute Gasteiger partial charge is 0.365 e. The van der Waals surface area contributed by atoms with Crippen molar-refractivity contribution in [2.75, 3.05) is 5.32 Å². The molecule has 0 aliphatic heterocycles. The van der Waals surface area contributed by atoms with Gasteiger partial charge in [0.15, 0.2) is 5.65 Å². The van der Waals surface area contributed by atoms with Gasteiger partial charge < -0.3 is 5.32 Å². The number of hydrogen-bond donors (Lipinski definition) is 2. The number of benzene rings is 1. The second-order valence-corrected chi connectivity index (χ2v) is 5.99. The Hall–Kier alpha value is -2.85. The maximum Gasteiger partial charge on any atom is 0.272 e. The minimum absolute atomic E-state index is 0.126. The third kappa shape index (κ3) is 3.35. The van der Waals surface area contributed by atoms with E-state index in [4.69, 9.17) is 11.6 Å². The number of anilines is 1. The standard InChI is InChI=1S/C17H15ClFN5O/c1-2-3-12-7-15(25)24-17(22-12)13(8-20)16(23-24)21-9-10-4-5-11(18)6-14(10)19/h4-7,21,23H,2-3,9H2,1H3. The molecule has 0 radical (unpaired) electrons. The number of fused-ring (bicyclic) bond motifs is 1. The highest BCUT2D eigenvalue weighted by Crippen LogP contribution is 2.20. The Morgan fingerprint density at radius 3 is 2.92 bits per heavy atom. The Bertz CT molecular complexity index is 1030. The van der Waals surface area contributed by atoms with Crippen molar-refractivity contribution in [1.82, 2.24) is 14.6 Å². The van der Waals surface area contributed by atoms with Crippen LogP contribution < -0.4 is 10.9 Å². The van der Waals surface area contributed by atoms with E-state index in [0.29, 0.717) is 28.5 Å². The van der Waals surface area contributed by atoms with Gasteiger partial charge in [-0.1, -0.05) is 31.0 Å². The summed E-state index contributed by atoms with van der Waals surface area (Å²) in [5.74, 6) is -0.134. The Labute approximate surface area is 147 Å². The lowest BCUT2D eigenvalue weighted by Crippen LogP contribution is -2.15. The number of hydrogen-bond acceptors (Lipinski definition) is 4. The molecule has 0 saturated heterocycles. The fraction of sp³-hybridized carbons (Fsp3) is 0.235. The van der Waals surface area contributed by atoms with Crippen LogP contribution in [0.2, 0.25) is 5.02 Å². The second-order valence-electron chi connectivity index (χ2n) is 5.56. The topological polar surface area (TPSA) is 86.0 Å². The fourth-order valence-electron chi connectivity index (χ4n) is 2.55. The third-order valence-electron chi connectivity index (χ3n) is 3.76. The predicted molar refractivity (Wildman–Crippen MR) is 93.3 cm³/mol. The van der Waals surface area contributed by atoms with E-state index in [2.05, 4.69) is 15.4 Å². The van der Waals surface area contributed by atoms with Crippen molar-refractivity contribution in [2.24, 2.45) is 0 Å². The lowest BCUT2D eigenvalue weighted by atomic mass is 10.2. The smallest absolute Gasteiger partial charge is 0.272 e. The van der Waals surface area contributed by atoms with Gasteiger partial charge in [-0.3, -0.25) is 9.89 Å². The molecule has 2 heterocycles. The zero-order chi connectivity index (χ0) is 18.0. The Balaban J connectivity index is 1.97. The summed E-state index contributed by atoms with van der Waals surface area (Å²) >= 11 is 5.74. The van der Waals surface area contributed by atoms with Crippen molar-refractivity contribution in [3.05, 3.63) is 62.3 Å². The minimum Gasteiger partial charge on any atom is -0.365 e. The zero-order valence-corrected chi connectivity index (χ0v) is 14.2. The van der Waals surface area contributed by atoms with Crippen molar-refractivity contribution >= 4 is 23.1 Å². The number of aromatic nitrogens is 3. The van der Waals surface area contributed by atoms with Crippen LogP contribution in [0.15, 0.2) is 29.1 Å². The van der Waals surface area contributed by atoms with Gasteiger partial charge in [-0.05, 0) is 18.6 Å². The summed E-state index contributed by atoms with van der Waals surface area (Å²) in [5, 5.41) is 15.5. The molecule has 6 nitrogen and oxygen atoms in total. The molecule has 0 fully saturated rings. The Morgan fingerprint density at radius 2 is 2.24 bits per heavy atom. The number of halogens is 2. The average molecular weight is 360 g/mol. The van der Waals surface area contributed by atoms with Gasteiger partial charge in [-0.15, -0.1) is 0 Å². The number of H-pyrrole nitrogens is 1. The van der Waals surface area contributed by atoms with Crippen LogP contribution in [0.25, 0.3) is 5.65 Å². The monoisotopic (exact) mass is 359 g/mol. The van der Waals surface area contributed by atoms with E-state index < -0.39 is 5.82 Å². The first-order valence-corrected chi connectivity index (χ1v) is 8.13. The normalized spacial score (nSPS) is 10.8. The molecule has 0 amide bonds. The highest BCUT2D eigenvalue weighted by Gasteiger charge is 2.15. The van der Waals surface area contributed by atoms with Crippen LogP contribution in [0.3, 0.4) is 0 Å². The maximum absolute atomic E-state index is 13.9. The number of aryl methyl sites for hydroxylation is 1. The summed E-state index contributed by atoms with van der Waals surface area (Å²) in [6.45, 7) is 2.11. The molecule has 0 unspecified atom stereocenters. The highest BCUT2D eigenvalue weighted by molar-refractivity contribution is 6.30. The summed E-state index contributed by atoms with van der Waals surface area (Å²) in [5.41, 5.74) is 1.20. The van der Waals surface area contributed by atoms with E-state index in [1.54, 1.807) is 12.1 Å². The zero-order valence-electron chi connectivity index (χ0n) is 13.4. The van der Waals surface area contributed by atoms with Crippen molar-refractivity contribution in [3.8, 4) is 6.07 Å². The lowest BCUT2D eigenvalue weighted by molar-refractivity contribution is 0.613. The first-order valence-electron chi connectivity index (χ1n) is 7.76. The first-order chi connectivity index (χ1) is 12.0. The SMILES string of the molecule is CCCc1cc(=O)n2[nH]c(NCc3ccc(Cl)cc3F)c(C#N)c2n1. The Kier molecular flexibility index (Phi) is 4.72. The maximum atomic E-state index is 13.9. The first kappa shape index (κ1) is 17.0. The number of nitriles is 1. The van der Waals surface area contributed by atoms with E-state index in [-0.39, 0.29) is 23.3 Å². The van der Waals surface area contributed by atoms with Crippen LogP contribution >= 0.6 is 11.6 Å². The summed E-state index contributed by atoms with van der Waals surface area (Å²) in [7, 11) is 0. The van der Waals surface area contributed by atoms with E-state index in [9.17, 15) is 14.4 Å². The molecule has 3 rings (SSSR count). The molecule has 0 bridgehead atoms. The van der Waals surface area contributed by atoms with Crippen LogP contribution in [-0.4, -0.2) is 14.6 Å². The van der Waals surface area contributed by atoms with Crippen LogP contribution in [0.1, 0.15) is 30.2 Å². The predicted octanol–water partition coefficient (Wildman–Crippen LogP) is 3.25. The van der Waals surface area contributed by atoms with Gasteiger partial charge in [0.05, 0.1) is 0 Å². The lowest BCUT2D eigenvalue weighted by Gasteiger charge is -2.06. The van der Waals surface area contributed by atoms with Gasteiger partial charge in [0.2, 0.25) is 0 Å². The molecule has 25 heavy (non-hydrogen) atoms. The number of nitrogens with zero attached hydrogens (tertiary/aromatic N) is 3. The number of aromatic amines is 1. The molecule has 0 spiro atoms. The van der Waals surface area contributed by atoms with E-state index in [1.165, 1.54) is 16.6 Å². The average Bonchev–Trinajstić information content (AvgIpc) is 2.92. The van der Waals surface area contributed by atoms with E-state index >= 15 is 0 Å². The summed E-state index contributed by atoms with van der Waals surface area (Å²) in [4.78, 5) is 16.6. The summed E-state index contributed by atoms with van der Waals surface area (Å²) in [6.07, 6.45) is 1.50. The van der Waals surface area contributed by atoms with Crippen molar-refractivity contribution in [2.45, 2.75) is 26.3 Å². The molecule has 0 atom stereocenters. The van der Waals surface area contributed by atoms with Crippen molar-refractivity contribution in [1.29, 1.82) is 5.26 Å².